The maximum atomic E-state index is 12.3. The number of para-hydroxylation sites is 1. The lowest BCUT2D eigenvalue weighted by Crippen LogP contribution is -2.30. The minimum absolute atomic E-state index is 0.0670. The summed E-state index contributed by atoms with van der Waals surface area (Å²) >= 11 is 6.46. The summed E-state index contributed by atoms with van der Waals surface area (Å²) in [4.78, 5) is 18.5. The van der Waals surface area contributed by atoms with E-state index >= 15 is 0 Å². The van der Waals surface area contributed by atoms with Gasteiger partial charge in [0.05, 0.1) is 19.2 Å². The van der Waals surface area contributed by atoms with Crippen LogP contribution in [0.15, 0.2) is 40.9 Å². The zero-order valence-electron chi connectivity index (χ0n) is 16.3. The highest BCUT2D eigenvalue weighted by Gasteiger charge is 2.36. The average molecular weight is 414 g/mol. The fourth-order valence-corrected chi connectivity index (χ4v) is 3.98. The summed E-state index contributed by atoms with van der Waals surface area (Å²) in [5, 5.41) is 4.54. The molecule has 8 heteroatoms. The van der Waals surface area contributed by atoms with Crippen LogP contribution in [0.5, 0.6) is 11.5 Å². The van der Waals surface area contributed by atoms with Crippen LogP contribution in [0.1, 0.15) is 35.8 Å². The zero-order valence-corrected chi connectivity index (χ0v) is 17.1. The average Bonchev–Trinajstić information content (AvgIpc) is 3.33. The Morgan fingerprint density at radius 1 is 1.24 bits per heavy atom. The van der Waals surface area contributed by atoms with Gasteiger partial charge in [0.1, 0.15) is 6.04 Å². The number of carbonyl (C=O) groups is 1. The Balaban J connectivity index is 1.61. The Kier molecular flexibility index (Phi) is 5.15. The first kappa shape index (κ1) is 19.3. The van der Waals surface area contributed by atoms with Crippen molar-refractivity contribution in [2.45, 2.75) is 25.8 Å². The second kappa shape index (κ2) is 7.75. The van der Waals surface area contributed by atoms with Crippen molar-refractivity contribution in [3.63, 3.8) is 0 Å². The van der Waals surface area contributed by atoms with Crippen molar-refractivity contribution in [1.29, 1.82) is 0 Å². The van der Waals surface area contributed by atoms with E-state index in [-0.39, 0.29) is 11.9 Å². The van der Waals surface area contributed by atoms with E-state index in [1.54, 1.807) is 18.1 Å². The van der Waals surface area contributed by atoms with Gasteiger partial charge in [-0.15, -0.1) is 0 Å². The smallest absolute Gasteiger partial charge is 0.250 e. The molecule has 7 nitrogen and oxygen atoms in total. The molecule has 2 aromatic carbocycles. The van der Waals surface area contributed by atoms with Crippen LogP contribution in [0.2, 0.25) is 5.02 Å². The van der Waals surface area contributed by atoms with Crippen molar-refractivity contribution in [3.05, 3.63) is 64.3 Å². The fourth-order valence-electron chi connectivity index (χ4n) is 3.68. The Bertz CT molecular complexity index is 1070. The number of fused-ring (bicyclic) bond motifs is 1. The third kappa shape index (κ3) is 3.42. The monoisotopic (exact) mass is 413 g/mol. The fraction of sp³-hybridized carbons (Fsp3) is 0.286. The van der Waals surface area contributed by atoms with E-state index in [1.807, 2.05) is 30.3 Å². The predicted octanol–water partition coefficient (Wildman–Crippen LogP) is 3.98. The Morgan fingerprint density at radius 3 is 2.76 bits per heavy atom. The summed E-state index contributed by atoms with van der Waals surface area (Å²) in [6.45, 7) is 1.54. The lowest BCUT2D eigenvalue weighted by molar-refractivity contribution is -0.117. The molecule has 0 radical (unpaired) electrons. The molecule has 1 aromatic heterocycles. The largest absolute Gasteiger partial charge is 0.493 e. The number of rotatable bonds is 5. The van der Waals surface area contributed by atoms with E-state index in [0.717, 1.165) is 16.8 Å². The lowest BCUT2D eigenvalue weighted by Gasteiger charge is -2.21. The highest BCUT2D eigenvalue weighted by Crippen LogP contribution is 2.40. The number of aromatic nitrogens is 2. The molecule has 0 saturated carbocycles. The molecule has 1 atom stereocenters. The number of hydrogen-bond donors (Lipinski definition) is 0. The molecule has 4 rings (SSSR count). The summed E-state index contributed by atoms with van der Waals surface area (Å²) in [5.41, 5.74) is 2.75. The van der Waals surface area contributed by atoms with Gasteiger partial charge in [-0.1, -0.05) is 41.0 Å². The van der Waals surface area contributed by atoms with Gasteiger partial charge in [-0.3, -0.25) is 9.69 Å². The first-order chi connectivity index (χ1) is 14.0. The molecular weight excluding hydrogens is 394 g/mol. The van der Waals surface area contributed by atoms with Crippen LogP contribution < -0.4 is 14.4 Å². The molecule has 1 aliphatic rings. The standard InChI is InChI=1S/C21H20ClN3O4/c1-12(26)25-15-7-5-4-6-13(15)10-16(25)21-23-18(24-29-21)11-14-8-9-17(27-2)20(28-3)19(14)22/h4-9,16H,10-11H2,1-3H3/t16-/m0/s1. The molecule has 2 heterocycles. The minimum atomic E-state index is -0.313. The van der Waals surface area contributed by atoms with Gasteiger partial charge in [-0.25, -0.2) is 0 Å². The molecule has 0 N–H and O–H groups in total. The Morgan fingerprint density at radius 2 is 2.03 bits per heavy atom. The van der Waals surface area contributed by atoms with E-state index in [2.05, 4.69) is 10.1 Å². The van der Waals surface area contributed by atoms with Crippen molar-refractivity contribution in [1.82, 2.24) is 10.1 Å². The van der Waals surface area contributed by atoms with Gasteiger partial charge in [-0.2, -0.15) is 4.98 Å². The molecule has 0 aliphatic carbocycles. The second-order valence-corrected chi connectivity index (χ2v) is 7.12. The molecule has 1 aliphatic heterocycles. The maximum absolute atomic E-state index is 12.3. The van der Waals surface area contributed by atoms with Gasteiger partial charge in [0.15, 0.2) is 17.3 Å². The Labute approximate surface area is 173 Å². The SMILES string of the molecule is COc1ccc(Cc2noc([C@@H]3Cc4ccccc4N3C(C)=O)n2)c(Cl)c1OC. The first-order valence-electron chi connectivity index (χ1n) is 9.13. The first-order valence-corrected chi connectivity index (χ1v) is 9.50. The van der Waals surface area contributed by atoms with Crippen LogP contribution >= 0.6 is 11.6 Å². The molecule has 3 aromatic rings. The van der Waals surface area contributed by atoms with Crippen LogP contribution in [-0.4, -0.2) is 30.3 Å². The number of halogens is 1. The van der Waals surface area contributed by atoms with Gasteiger partial charge in [0.25, 0.3) is 0 Å². The summed E-state index contributed by atoms with van der Waals surface area (Å²) < 4.78 is 16.1. The summed E-state index contributed by atoms with van der Waals surface area (Å²) in [5.74, 6) is 1.83. The number of benzene rings is 2. The number of amides is 1. The maximum Gasteiger partial charge on any atom is 0.250 e. The van der Waals surface area contributed by atoms with Gasteiger partial charge in [0, 0.05) is 25.5 Å². The van der Waals surface area contributed by atoms with E-state index in [4.69, 9.17) is 25.6 Å². The van der Waals surface area contributed by atoms with E-state index in [9.17, 15) is 4.79 Å². The van der Waals surface area contributed by atoms with Gasteiger partial charge in [-0.05, 0) is 23.3 Å². The number of anilines is 1. The molecule has 0 fully saturated rings. The van der Waals surface area contributed by atoms with Crippen molar-refractivity contribution in [3.8, 4) is 11.5 Å². The van der Waals surface area contributed by atoms with Crippen LogP contribution in [0.25, 0.3) is 0 Å². The molecule has 0 spiro atoms. The van der Waals surface area contributed by atoms with E-state index < -0.39 is 0 Å². The summed E-state index contributed by atoms with van der Waals surface area (Å²) in [6.07, 6.45) is 0.997. The lowest BCUT2D eigenvalue weighted by atomic mass is 10.1. The zero-order chi connectivity index (χ0) is 20.5. The third-order valence-electron chi connectivity index (χ3n) is 5.00. The molecule has 1 amide bonds. The number of nitrogens with zero attached hydrogens (tertiary/aromatic N) is 3. The van der Waals surface area contributed by atoms with Crippen LogP contribution in [-0.2, 0) is 17.6 Å². The number of hydrogen-bond acceptors (Lipinski definition) is 6. The number of methoxy groups -OCH3 is 2. The van der Waals surface area contributed by atoms with Crippen molar-refractivity contribution >= 4 is 23.2 Å². The molecular formula is C21H20ClN3O4. The summed E-state index contributed by atoms with van der Waals surface area (Å²) in [7, 11) is 3.09. The topological polar surface area (TPSA) is 77.7 Å². The van der Waals surface area contributed by atoms with Crippen LogP contribution in [0.4, 0.5) is 5.69 Å². The van der Waals surface area contributed by atoms with Gasteiger partial charge < -0.3 is 14.0 Å². The van der Waals surface area contributed by atoms with E-state index in [1.165, 1.54) is 14.0 Å². The van der Waals surface area contributed by atoms with Crippen molar-refractivity contribution < 1.29 is 18.8 Å². The Hall–Kier alpha value is -3.06. The molecule has 0 saturated heterocycles. The van der Waals surface area contributed by atoms with Crippen molar-refractivity contribution in [2.24, 2.45) is 0 Å². The molecule has 29 heavy (non-hydrogen) atoms. The molecule has 0 unspecified atom stereocenters. The second-order valence-electron chi connectivity index (χ2n) is 6.74. The minimum Gasteiger partial charge on any atom is -0.493 e. The van der Waals surface area contributed by atoms with Crippen LogP contribution in [0, 0.1) is 0 Å². The molecule has 150 valence electrons. The van der Waals surface area contributed by atoms with Gasteiger partial charge >= 0.3 is 0 Å². The highest BCUT2D eigenvalue weighted by molar-refractivity contribution is 6.33. The summed E-state index contributed by atoms with van der Waals surface area (Å²) in [6, 6.07) is 11.1. The van der Waals surface area contributed by atoms with Crippen LogP contribution in [0.3, 0.4) is 0 Å². The normalized spacial score (nSPS) is 15.3. The van der Waals surface area contributed by atoms with Gasteiger partial charge in [0.2, 0.25) is 11.8 Å². The molecule has 0 bridgehead atoms. The number of carbonyl (C=O) groups excluding carboxylic acids is 1. The highest BCUT2D eigenvalue weighted by atomic mass is 35.5. The predicted molar refractivity (Wildman–Crippen MR) is 108 cm³/mol. The third-order valence-corrected chi connectivity index (χ3v) is 5.41. The number of ether oxygens (including phenoxy) is 2. The quantitative estimate of drug-likeness (QED) is 0.629. The van der Waals surface area contributed by atoms with E-state index in [0.29, 0.717) is 41.1 Å². The van der Waals surface area contributed by atoms with Crippen molar-refractivity contribution in [2.75, 3.05) is 19.1 Å².